The van der Waals surface area contributed by atoms with Gasteiger partial charge in [-0.2, -0.15) is 0 Å². The Hall–Kier alpha value is -0.590. The SMILES string of the molecule is CC/N=C(\C(C)=C\C1CC1)C(C)C. The molecule has 1 nitrogen and oxygen atoms in total. The number of hydrogen-bond donors (Lipinski definition) is 0. The molecule has 0 radical (unpaired) electrons. The quantitative estimate of drug-likeness (QED) is 0.586. The zero-order valence-electron chi connectivity index (χ0n) is 9.30. The first-order valence-electron chi connectivity index (χ1n) is 5.38. The Bertz CT molecular complexity index is 219. The highest BCUT2D eigenvalue weighted by molar-refractivity contribution is 6.01. The lowest BCUT2D eigenvalue weighted by Gasteiger charge is -2.10. The predicted molar refractivity (Wildman–Crippen MR) is 59.3 cm³/mol. The number of allylic oxidation sites excluding steroid dienone is 2. The van der Waals surface area contributed by atoms with Crippen molar-refractivity contribution in [2.24, 2.45) is 16.8 Å². The lowest BCUT2D eigenvalue weighted by molar-refractivity contribution is 0.867. The molecule has 1 saturated carbocycles. The van der Waals surface area contributed by atoms with Gasteiger partial charge in [0, 0.05) is 12.3 Å². The molecule has 0 amide bonds. The van der Waals surface area contributed by atoms with E-state index in [1.54, 1.807) is 0 Å². The molecule has 1 aliphatic rings. The van der Waals surface area contributed by atoms with Crippen molar-refractivity contribution in [1.82, 2.24) is 0 Å². The van der Waals surface area contributed by atoms with E-state index in [0.29, 0.717) is 5.92 Å². The number of hydrogen-bond acceptors (Lipinski definition) is 1. The summed E-state index contributed by atoms with van der Waals surface area (Å²) in [6.07, 6.45) is 5.16. The zero-order chi connectivity index (χ0) is 9.84. The van der Waals surface area contributed by atoms with Gasteiger partial charge in [0.05, 0.1) is 0 Å². The molecule has 0 aromatic rings. The maximum absolute atomic E-state index is 4.55. The topological polar surface area (TPSA) is 12.4 Å². The van der Waals surface area contributed by atoms with E-state index < -0.39 is 0 Å². The van der Waals surface area contributed by atoms with E-state index in [4.69, 9.17) is 0 Å². The van der Waals surface area contributed by atoms with Crippen LogP contribution in [0.15, 0.2) is 16.6 Å². The molecule has 0 N–H and O–H groups in total. The number of rotatable bonds is 4. The minimum absolute atomic E-state index is 0.565. The predicted octanol–water partition coefficient (Wildman–Crippen LogP) is 3.46. The van der Waals surface area contributed by atoms with Crippen molar-refractivity contribution in [1.29, 1.82) is 0 Å². The van der Waals surface area contributed by atoms with E-state index in [2.05, 4.69) is 38.8 Å². The molecule has 0 aliphatic heterocycles. The van der Waals surface area contributed by atoms with Crippen LogP contribution < -0.4 is 0 Å². The summed E-state index contributed by atoms with van der Waals surface area (Å²) < 4.78 is 0. The van der Waals surface area contributed by atoms with E-state index in [-0.39, 0.29) is 0 Å². The summed E-state index contributed by atoms with van der Waals surface area (Å²) in [4.78, 5) is 4.55. The molecule has 0 unspecified atom stereocenters. The van der Waals surface area contributed by atoms with Gasteiger partial charge in [0.2, 0.25) is 0 Å². The van der Waals surface area contributed by atoms with E-state index in [1.165, 1.54) is 24.1 Å². The van der Waals surface area contributed by atoms with Crippen LogP contribution in [0.1, 0.15) is 40.5 Å². The standard InChI is InChI=1S/C12H21N/c1-5-13-12(9(2)3)10(4)8-11-6-7-11/h8-9,11H,5-7H2,1-4H3/b10-8+,13-12-. The second-order valence-corrected chi connectivity index (χ2v) is 4.20. The van der Waals surface area contributed by atoms with Crippen molar-refractivity contribution >= 4 is 5.71 Å². The van der Waals surface area contributed by atoms with Crippen molar-refractivity contribution in [2.45, 2.75) is 40.5 Å². The molecule has 1 heteroatoms. The van der Waals surface area contributed by atoms with Crippen LogP contribution in [0.2, 0.25) is 0 Å². The maximum atomic E-state index is 4.55. The molecule has 0 heterocycles. The smallest absolute Gasteiger partial charge is 0.0399 e. The Morgan fingerprint density at radius 1 is 1.46 bits per heavy atom. The Morgan fingerprint density at radius 2 is 2.08 bits per heavy atom. The highest BCUT2D eigenvalue weighted by atomic mass is 14.7. The van der Waals surface area contributed by atoms with Gasteiger partial charge >= 0.3 is 0 Å². The molecular weight excluding hydrogens is 158 g/mol. The van der Waals surface area contributed by atoms with Gasteiger partial charge < -0.3 is 0 Å². The summed E-state index contributed by atoms with van der Waals surface area (Å²) in [7, 11) is 0. The molecule has 0 spiro atoms. The molecule has 1 rings (SSSR count). The highest BCUT2D eigenvalue weighted by Gasteiger charge is 2.19. The van der Waals surface area contributed by atoms with E-state index in [9.17, 15) is 0 Å². The molecule has 0 atom stereocenters. The second-order valence-electron chi connectivity index (χ2n) is 4.20. The Kier molecular flexibility index (Phi) is 3.71. The van der Waals surface area contributed by atoms with Gasteiger partial charge in [-0.1, -0.05) is 19.9 Å². The molecular formula is C12H21N. The molecule has 1 aliphatic carbocycles. The number of nitrogens with zero attached hydrogens (tertiary/aromatic N) is 1. The summed E-state index contributed by atoms with van der Waals surface area (Å²) in [6, 6.07) is 0. The van der Waals surface area contributed by atoms with Crippen LogP contribution in [0.5, 0.6) is 0 Å². The minimum atomic E-state index is 0.565. The van der Waals surface area contributed by atoms with Crippen molar-refractivity contribution in [3.8, 4) is 0 Å². The monoisotopic (exact) mass is 179 g/mol. The van der Waals surface area contributed by atoms with Crippen LogP contribution in [0.4, 0.5) is 0 Å². The summed E-state index contributed by atoms with van der Waals surface area (Å²) in [6.45, 7) is 9.65. The van der Waals surface area contributed by atoms with Crippen molar-refractivity contribution in [3.05, 3.63) is 11.6 Å². The molecule has 0 saturated heterocycles. The van der Waals surface area contributed by atoms with Crippen molar-refractivity contribution in [2.75, 3.05) is 6.54 Å². The van der Waals surface area contributed by atoms with Crippen LogP contribution in [-0.4, -0.2) is 12.3 Å². The van der Waals surface area contributed by atoms with Gasteiger partial charge in [0.1, 0.15) is 0 Å². The van der Waals surface area contributed by atoms with E-state index in [0.717, 1.165) is 12.5 Å². The van der Waals surface area contributed by atoms with Crippen LogP contribution in [0.25, 0.3) is 0 Å². The summed E-state index contributed by atoms with van der Waals surface area (Å²) >= 11 is 0. The summed E-state index contributed by atoms with van der Waals surface area (Å²) in [5.74, 6) is 1.43. The summed E-state index contributed by atoms with van der Waals surface area (Å²) in [5.41, 5.74) is 2.70. The Balaban J connectivity index is 2.68. The summed E-state index contributed by atoms with van der Waals surface area (Å²) in [5, 5.41) is 0. The lowest BCUT2D eigenvalue weighted by atomic mass is 10.00. The van der Waals surface area contributed by atoms with Crippen LogP contribution in [0, 0.1) is 11.8 Å². The van der Waals surface area contributed by atoms with Crippen LogP contribution in [0.3, 0.4) is 0 Å². The Morgan fingerprint density at radius 3 is 2.46 bits per heavy atom. The fourth-order valence-corrected chi connectivity index (χ4v) is 1.63. The van der Waals surface area contributed by atoms with Crippen molar-refractivity contribution < 1.29 is 0 Å². The average Bonchev–Trinajstić information content (AvgIpc) is 2.83. The molecule has 74 valence electrons. The maximum Gasteiger partial charge on any atom is 0.0399 e. The number of aliphatic imine (C=N–C) groups is 1. The molecule has 0 bridgehead atoms. The first-order valence-corrected chi connectivity index (χ1v) is 5.38. The third-order valence-electron chi connectivity index (χ3n) is 2.39. The third kappa shape index (κ3) is 3.33. The minimum Gasteiger partial charge on any atom is -0.290 e. The van der Waals surface area contributed by atoms with Crippen molar-refractivity contribution in [3.63, 3.8) is 0 Å². The molecule has 13 heavy (non-hydrogen) atoms. The van der Waals surface area contributed by atoms with Gasteiger partial charge in [-0.15, -0.1) is 0 Å². The average molecular weight is 179 g/mol. The van der Waals surface area contributed by atoms with E-state index in [1.807, 2.05) is 0 Å². The van der Waals surface area contributed by atoms with Gasteiger partial charge in [-0.25, -0.2) is 0 Å². The van der Waals surface area contributed by atoms with Crippen LogP contribution in [-0.2, 0) is 0 Å². The van der Waals surface area contributed by atoms with Crippen LogP contribution >= 0.6 is 0 Å². The highest BCUT2D eigenvalue weighted by Crippen LogP contribution is 2.31. The van der Waals surface area contributed by atoms with Gasteiger partial charge in [0.25, 0.3) is 0 Å². The zero-order valence-corrected chi connectivity index (χ0v) is 9.30. The first-order chi connectivity index (χ1) is 6.15. The van der Waals surface area contributed by atoms with Gasteiger partial charge in [-0.3, -0.25) is 4.99 Å². The molecule has 1 fully saturated rings. The van der Waals surface area contributed by atoms with Gasteiger partial charge in [-0.05, 0) is 44.1 Å². The Labute approximate surface area is 82.0 Å². The largest absolute Gasteiger partial charge is 0.290 e. The normalized spacial score (nSPS) is 19.8. The third-order valence-corrected chi connectivity index (χ3v) is 2.39. The van der Waals surface area contributed by atoms with E-state index >= 15 is 0 Å². The molecule has 0 aromatic carbocycles. The van der Waals surface area contributed by atoms with Gasteiger partial charge in [0.15, 0.2) is 0 Å². The fraction of sp³-hybridized carbons (Fsp3) is 0.750. The first kappa shape index (κ1) is 10.5. The lowest BCUT2D eigenvalue weighted by Crippen LogP contribution is -2.09. The second kappa shape index (κ2) is 4.59. The fourth-order valence-electron chi connectivity index (χ4n) is 1.63. The molecule has 0 aromatic heterocycles.